The molecule has 0 spiro atoms. The molecule has 3 heterocycles. The zero-order valence-electron chi connectivity index (χ0n) is 49.4. The Balaban J connectivity index is 0.000000253. The summed E-state index contributed by atoms with van der Waals surface area (Å²) in [5, 5.41) is 4.88. The summed E-state index contributed by atoms with van der Waals surface area (Å²) in [4.78, 5) is 60.5. The molecule has 0 radical (unpaired) electrons. The van der Waals surface area contributed by atoms with E-state index in [1.807, 2.05) is 116 Å². The Morgan fingerprint density at radius 1 is 0.385 bits per heavy atom. The summed E-state index contributed by atoms with van der Waals surface area (Å²) < 4.78 is 72.3. The number of hydrogen-bond acceptors (Lipinski definition) is 20. The summed E-state index contributed by atoms with van der Waals surface area (Å²) in [6.07, 6.45) is 9.01. The van der Waals surface area contributed by atoms with E-state index in [0.29, 0.717) is 32.1 Å². The first-order valence-corrected chi connectivity index (χ1v) is 28.6. The van der Waals surface area contributed by atoms with Crippen molar-refractivity contribution < 1.29 is 85.6 Å². The van der Waals surface area contributed by atoms with Crippen molar-refractivity contribution in [2.75, 3.05) is 20.4 Å². The summed E-state index contributed by atoms with van der Waals surface area (Å²) in [6.45, 7) is 35.1. The summed E-state index contributed by atoms with van der Waals surface area (Å²) in [5.41, 5.74) is -1.65. The van der Waals surface area contributed by atoms with E-state index in [-0.39, 0.29) is 88.8 Å². The molecule has 20 nitrogen and oxygen atoms in total. The van der Waals surface area contributed by atoms with Crippen molar-refractivity contribution in [2.24, 2.45) is 0 Å². The van der Waals surface area contributed by atoms with Crippen molar-refractivity contribution in [3.63, 3.8) is 0 Å². The lowest BCUT2D eigenvalue weighted by molar-refractivity contribution is -0.0639. The predicted molar refractivity (Wildman–Crippen MR) is 296 cm³/mol. The number of amides is 2. The fourth-order valence-electron chi connectivity index (χ4n) is 8.31. The quantitative estimate of drug-likeness (QED) is 0.143. The molecule has 2 amide bonds. The molecule has 0 aromatic heterocycles. The Bertz CT molecular complexity index is 1850. The number of carbonyl (C=O) groups excluding carboxylic acids is 5. The highest BCUT2D eigenvalue weighted by atomic mass is 32.2. The topological polar surface area (TPSA) is 229 Å². The van der Waals surface area contributed by atoms with Crippen molar-refractivity contribution in [1.29, 1.82) is 0 Å². The maximum Gasteiger partial charge on any atom is 0.509 e. The number of hydrogen-bond donors (Lipinski definition) is 2. The van der Waals surface area contributed by atoms with E-state index in [4.69, 9.17) is 61.6 Å². The van der Waals surface area contributed by atoms with Gasteiger partial charge in [0.15, 0.2) is 0 Å². The van der Waals surface area contributed by atoms with Gasteiger partial charge in [0.2, 0.25) is 0 Å². The maximum absolute atomic E-state index is 12.2. The molecular weight excluding hydrogens is 1050 g/mol. The van der Waals surface area contributed by atoms with Gasteiger partial charge in [0.05, 0.1) is 48.3 Å². The van der Waals surface area contributed by atoms with Gasteiger partial charge in [-0.1, -0.05) is 47.6 Å². The minimum Gasteiger partial charge on any atom is -0.450 e. The van der Waals surface area contributed by atoms with E-state index in [2.05, 4.69) is 10.6 Å². The van der Waals surface area contributed by atoms with Gasteiger partial charge in [-0.25, -0.2) is 24.0 Å². The second-order valence-corrected chi connectivity index (χ2v) is 29.4. The van der Waals surface area contributed by atoms with Crippen molar-refractivity contribution in [1.82, 2.24) is 10.6 Å². The van der Waals surface area contributed by atoms with Crippen LogP contribution in [0.4, 0.5) is 24.0 Å². The molecule has 78 heavy (non-hydrogen) atoms. The molecule has 0 saturated carbocycles. The molecule has 0 bridgehead atoms. The minimum atomic E-state index is -0.679. The molecule has 3 aliphatic carbocycles. The van der Waals surface area contributed by atoms with E-state index in [1.54, 1.807) is 45.1 Å². The summed E-state index contributed by atoms with van der Waals surface area (Å²) >= 11 is 2.30. The Morgan fingerprint density at radius 2 is 0.654 bits per heavy atom. The van der Waals surface area contributed by atoms with Gasteiger partial charge >= 0.3 is 28.9 Å². The number of rotatable bonds is 6. The van der Waals surface area contributed by atoms with E-state index in [1.165, 1.54) is 0 Å². The van der Waals surface area contributed by atoms with Gasteiger partial charge < -0.3 is 72.2 Å². The largest absolute Gasteiger partial charge is 0.509 e. The van der Waals surface area contributed by atoms with Crippen molar-refractivity contribution in [2.45, 2.75) is 268 Å². The van der Waals surface area contributed by atoms with Crippen molar-refractivity contribution in [3.05, 3.63) is 36.5 Å². The molecule has 12 unspecified atom stereocenters. The number of thioether (sulfide) groups is 2. The van der Waals surface area contributed by atoms with Crippen molar-refractivity contribution in [3.8, 4) is 0 Å². The van der Waals surface area contributed by atoms with E-state index in [9.17, 15) is 24.0 Å². The number of nitrogens with one attached hydrogen (secondary N) is 2. The first-order valence-electron chi connectivity index (χ1n) is 26.9. The van der Waals surface area contributed by atoms with Crippen LogP contribution in [0.5, 0.6) is 0 Å². The average Bonchev–Trinajstić information content (AvgIpc) is 3.96. The molecule has 2 N–H and O–H groups in total. The van der Waals surface area contributed by atoms with Crippen LogP contribution < -0.4 is 10.6 Å². The lowest BCUT2D eigenvalue weighted by Crippen LogP contribution is -2.44. The fourth-order valence-corrected chi connectivity index (χ4v) is 9.66. The molecule has 6 rings (SSSR count). The molecule has 3 saturated heterocycles. The van der Waals surface area contributed by atoms with Crippen LogP contribution in [0.3, 0.4) is 0 Å². The smallest absolute Gasteiger partial charge is 0.450 e. The molecule has 0 aromatic rings. The van der Waals surface area contributed by atoms with Gasteiger partial charge in [-0.05, 0) is 137 Å². The number of fused-ring (bicyclic) bond motifs is 3. The van der Waals surface area contributed by atoms with Crippen LogP contribution in [0, 0.1) is 0 Å². The first kappa shape index (κ1) is 66.9. The lowest BCUT2D eigenvalue weighted by Gasteiger charge is -2.31. The molecule has 22 heteroatoms. The summed E-state index contributed by atoms with van der Waals surface area (Å²) in [5.74, 6) is 0. The fraction of sp³-hybridized carbons (Fsp3) is 0.804. The molecule has 3 aliphatic heterocycles. The molecule has 6 aliphatic rings. The highest BCUT2D eigenvalue weighted by Gasteiger charge is 2.40. The van der Waals surface area contributed by atoms with Crippen LogP contribution in [0.2, 0.25) is 0 Å². The van der Waals surface area contributed by atoms with Crippen LogP contribution in [0.25, 0.3) is 0 Å². The Hall–Kier alpha value is -3.61. The van der Waals surface area contributed by atoms with E-state index in [0.717, 1.165) is 29.9 Å². The Kier molecular flexibility index (Phi) is 24.8. The second-order valence-electron chi connectivity index (χ2n) is 25.9. The molecule has 3 fully saturated rings. The zero-order valence-corrected chi connectivity index (χ0v) is 51.1. The van der Waals surface area contributed by atoms with Crippen LogP contribution >= 0.6 is 23.5 Å². The average molecular weight is 1150 g/mol. The minimum absolute atomic E-state index is 0.0629. The van der Waals surface area contributed by atoms with Gasteiger partial charge in [-0.3, -0.25) is 0 Å². The normalized spacial score (nSPS) is 30.6. The van der Waals surface area contributed by atoms with Crippen LogP contribution in [0.15, 0.2) is 36.5 Å². The molecule has 0 aromatic carbocycles. The third-order valence-electron chi connectivity index (χ3n) is 11.2. The standard InChI is InChI=1S/C19H32N2O6.C19H30O6S2.C18H30O6/c1-18(2,3)20-16(22)26-12-7-8-13(27-17(23)21-19(4,5)6)10-15-14(9-12)24-11-25-15;1-18(2,3)26-16(20)24-12-7-8-13(25-17(21)27-19(4,5)6)10-15-14(9-12)22-11-23-15;1-17(2,3)23-13-8-7-12(22-16(19)24-18(4,5)6)9-14-15(10-13)21-11-20-14/h7-8,12-15H,9-11H2,1-6H3,(H,20,22)(H,21,23);7-8,12-15H,9-11H2,1-6H3;7-8,12-15H,9-11H2,1-6H3/b3*8-7+. The second kappa shape index (κ2) is 28.9. The zero-order chi connectivity index (χ0) is 58.4. The first-order chi connectivity index (χ1) is 35.8. The third kappa shape index (κ3) is 27.7. The van der Waals surface area contributed by atoms with Crippen LogP contribution in [0.1, 0.15) is 163 Å². The van der Waals surface area contributed by atoms with E-state index < -0.39 is 65.5 Å². The van der Waals surface area contributed by atoms with Crippen molar-refractivity contribution >= 4 is 52.5 Å². The van der Waals surface area contributed by atoms with Gasteiger partial charge in [0.25, 0.3) is 0 Å². The summed E-state index contributed by atoms with van der Waals surface area (Å²) in [6, 6.07) is 0. The molecule has 446 valence electrons. The SMILES string of the molecule is CC(C)(C)NC(=O)OC1/C=C/C(OC(=O)NC(C)(C)C)CC2OCOC2C1.CC(C)(C)OC(=O)OC1/C=C/C(OC(C)(C)C)CC2OCOC2C1.CC(C)(C)SC(=O)OC1/C=C/C(OC(=O)SC(C)(C)C)CC2OCOC2C1. The number of ether oxygens (including phenoxy) is 13. The van der Waals surface area contributed by atoms with Gasteiger partial charge in [-0.15, -0.1) is 0 Å². The van der Waals surface area contributed by atoms with Gasteiger partial charge in [0, 0.05) is 59.1 Å². The van der Waals surface area contributed by atoms with Crippen LogP contribution in [-0.4, -0.2) is 154 Å². The third-order valence-corrected chi connectivity index (χ3v) is 13.0. The summed E-state index contributed by atoms with van der Waals surface area (Å²) in [7, 11) is 0. The van der Waals surface area contributed by atoms with Gasteiger partial charge in [-0.2, -0.15) is 0 Å². The van der Waals surface area contributed by atoms with Gasteiger partial charge in [0.1, 0.15) is 56.5 Å². The van der Waals surface area contributed by atoms with Crippen LogP contribution in [-0.2, 0) is 61.6 Å². The Morgan fingerprint density at radius 3 is 0.923 bits per heavy atom. The number of alkyl carbamates (subject to hydrolysis) is 2. The highest BCUT2D eigenvalue weighted by Crippen LogP contribution is 2.34. The molecular formula is C56H92N2O18S2. The monoisotopic (exact) mass is 1140 g/mol. The maximum atomic E-state index is 12.2. The highest BCUT2D eigenvalue weighted by molar-refractivity contribution is 8.14. The number of carbonyl (C=O) groups is 5. The molecule has 12 atom stereocenters. The predicted octanol–water partition coefficient (Wildman–Crippen LogP) is 11.6. The Labute approximate surface area is 471 Å². The lowest BCUT2D eigenvalue weighted by atomic mass is 9.96. The van der Waals surface area contributed by atoms with E-state index >= 15 is 0 Å².